The zero-order chi connectivity index (χ0) is 22.5. The Morgan fingerprint density at radius 3 is 1.84 bits per heavy atom. The fourth-order valence-corrected chi connectivity index (χ4v) is 2.32. The Morgan fingerprint density at radius 1 is 0.719 bits per heavy atom. The van der Waals surface area contributed by atoms with Crippen molar-refractivity contribution in [2.24, 2.45) is 25.4 Å². The number of hydrogen-bond donors (Lipinski definition) is 0. The van der Waals surface area contributed by atoms with Crippen molar-refractivity contribution in [2.45, 2.75) is 21.3 Å². The van der Waals surface area contributed by atoms with Crippen molar-refractivity contribution in [1.82, 2.24) is 0 Å². The normalized spacial score (nSPS) is 10.3. The molecule has 7 nitrogen and oxygen atoms in total. The highest BCUT2D eigenvalue weighted by molar-refractivity contribution is 5.56. The average Bonchev–Trinajstić information content (AvgIpc) is 2.82. The number of rotatable bonds is 4. The van der Waals surface area contributed by atoms with Gasteiger partial charge < -0.3 is 4.99 Å². The van der Waals surface area contributed by atoms with Crippen molar-refractivity contribution in [3.8, 4) is 12.1 Å². The maximum Gasteiger partial charge on any atom is 0.101 e. The van der Waals surface area contributed by atoms with Crippen molar-refractivity contribution in [3.63, 3.8) is 0 Å². The summed E-state index contributed by atoms with van der Waals surface area (Å²) in [7, 11) is 1.75. The molecule has 0 aliphatic heterocycles. The molecule has 3 rings (SSSR count). The zero-order valence-corrected chi connectivity index (χ0v) is 17.6. The van der Waals surface area contributed by atoms with Gasteiger partial charge in [-0.1, -0.05) is 25.6 Å². The van der Waals surface area contributed by atoms with Crippen LogP contribution in [0.3, 0.4) is 0 Å². The van der Waals surface area contributed by atoms with Crippen LogP contribution in [0.2, 0.25) is 0 Å². The molecule has 0 bridgehead atoms. The topological polar surface area (TPSA) is 109 Å². The Kier molecular flexibility index (Phi) is 10.9. The van der Waals surface area contributed by atoms with Crippen LogP contribution in [-0.4, -0.2) is 13.3 Å². The number of hydrogen-bond acceptors (Lipinski definition) is 7. The molecule has 0 unspecified atom stereocenters. The van der Waals surface area contributed by atoms with Crippen LogP contribution in [-0.2, 0) is 0 Å². The third-order valence-electron chi connectivity index (χ3n) is 3.99. The van der Waals surface area contributed by atoms with E-state index in [2.05, 4.69) is 25.4 Å². The van der Waals surface area contributed by atoms with Gasteiger partial charge in [0.05, 0.1) is 33.9 Å². The van der Waals surface area contributed by atoms with Crippen LogP contribution in [0.25, 0.3) is 0 Å². The van der Waals surface area contributed by atoms with E-state index in [1.807, 2.05) is 68.5 Å². The van der Waals surface area contributed by atoms with Gasteiger partial charge in [-0.3, -0.25) is 0 Å². The van der Waals surface area contributed by atoms with Gasteiger partial charge in [0.25, 0.3) is 0 Å². The predicted octanol–water partition coefficient (Wildman–Crippen LogP) is 7.91. The number of nitrogens with zero attached hydrogens (tertiary/aromatic N) is 7. The lowest BCUT2D eigenvalue weighted by atomic mass is 10.1. The van der Waals surface area contributed by atoms with Crippen LogP contribution in [0, 0.1) is 29.6 Å². The molecule has 0 aliphatic rings. The van der Waals surface area contributed by atoms with Crippen LogP contribution < -0.4 is 0 Å². The van der Waals surface area contributed by atoms with E-state index in [1.165, 1.54) is 6.07 Å². The summed E-state index contributed by atoms with van der Waals surface area (Å²) >= 11 is 0. The number of nitriles is 2. The van der Waals surface area contributed by atoms with Crippen molar-refractivity contribution in [3.05, 3.63) is 83.4 Å². The average molecular weight is 424 g/mol. The third-order valence-corrected chi connectivity index (χ3v) is 3.99. The highest BCUT2D eigenvalue weighted by atomic mass is 15.1. The Balaban J connectivity index is 0.000000945. The molecule has 0 radical (unpaired) electrons. The van der Waals surface area contributed by atoms with Crippen molar-refractivity contribution in [2.75, 3.05) is 7.05 Å². The molecule has 0 spiro atoms. The van der Waals surface area contributed by atoms with Crippen LogP contribution in [0.5, 0.6) is 0 Å². The molecular weight excluding hydrogens is 398 g/mol. The van der Waals surface area contributed by atoms with E-state index in [4.69, 9.17) is 10.5 Å². The standard InChI is InChI=1S/C21H14N6.C3H7N.CH4/c1-15-11-19(9-10-21(15)27-24-18-5-3-2-4-6-18)25-26-20-8-7-16(13-22)17(12-20)14-23;1-3-4-2;/h2-12H,1H3;3H,1-2H3;1H4. The van der Waals surface area contributed by atoms with Gasteiger partial charge in [0.2, 0.25) is 0 Å². The summed E-state index contributed by atoms with van der Waals surface area (Å²) in [5.41, 5.74) is 4.23. The minimum Gasteiger partial charge on any atom is -0.301 e. The maximum absolute atomic E-state index is 9.07. The molecule has 0 aliphatic carbocycles. The lowest BCUT2D eigenvalue weighted by Crippen LogP contribution is -1.81. The maximum atomic E-state index is 9.07. The molecule has 0 aromatic heterocycles. The van der Waals surface area contributed by atoms with Gasteiger partial charge in [-0.2, -0.15) is 31.0 Å². The lowest BCUT2D eigenvalue weighted by molar-refractivity contribution is 1.19. The van der Waals surface area contributed by atoms with Gasteiger partial charge in [0.15, 0.2) is 0 Å². The zero-order valence-electron chi connectivity index (χ0n) is 17.6. The molecule has 3 aromatic carbocycles. The first-order chi connectivity index (χ1) is 15.1. The first-order valence-electron chi connectivity index (χ1n) is 9.41. The molecule has 32 heavy (non-hydrogen) atoms. The summed E-state index contributed by atoms with van der Waals surface area (Å²) in [6.45, 7) is 3.81. The summed E-state index contributed by atoms with van der Waals surface area (Å²) in [6, 6.07) is 23.7. The second-order valence-corrected chi connectivity index (χ2v) is 6.18. The molecule has 0 saturated carbocycles. The number of aryl methyl sites for hydroxylation is 1. The molecule has 0 amide bonds. The van der Waals surface area contributed by atoms with E-state index in [-0.39, 0.29) is 13.0 Å². The minimum atomic E-state index is 0. The Hall–Kier alpha value is -4.49. The van der Waals surface area contributed by atoms with Gasteiger partial charge in [0.1, 0.15) is 12.1 Å². The number of azo groups is 2. The molecule has 0 saturated heterocycles. The summed E-state index contributed by atoms with van der Waals surface area (Å²) in [5.74, 6) is 0. The largest absolute Gasteiger partial charge is 0.301 e. The van der Waals surface area contributed by atoms with Crippen LogP contribution >= 0.6 is 0 Å². The molecular formula is C25H25N7. The summed E-state index contributed by atoms with van der Waals surface area (Å²) < 4.78 is 0. The van der Waals surface area contributed by atoms with Gasteiger partial charge in [-0.25, -0.2) is 0 Å². The van der Waals surface area contributed by atoms with Crippen LogP contribution in [0.4, 0.5) is 22.7 Å². The molecule has 0 fully saturated rings. The molecule has 7 heteroatoms. The third kappa shape index (κ3) is 7.74. The van der Waals surface area contributed by atoms with Gasteiger partial charge in [0, 0.05) is 7.05 Å². The molecule has 3 aromatic rings. The second-order valence-electron chi connectivity index (χ2n) is 6.18. The highest BCUT2D eigenvalue weighted by Gasteiger charge is 2.03. The molecule has 160 valence electrons. The molecule has 0 N–H and O–H groups in total. The number of aliphatic imine (C=N–C) groups is 1. The molecule has 0 heterocycles. The second kappa shape index (κ2) is 13.7. The SMILES string of the molecule is C.CC=NC.Cc1cc(N=Nc2ccc(C#N)c(C#N)c2)ccc1N=Nc1ccccc1. The van der Waals surface area contributed by atoms with Gasteiger partial charge >= 0.3 is 0 Å². The van der Waals surface area contributed by atoms with E-state index in [9.17, 15) is 0 Å². The van der Waals surface area contributed by atoms with Crippen molar-refractivity contribution < 1.29 is 0 Å². The smallest absolute Gasteiger partial charge is 0.101 e. The molecule has 0 atom stereocenters. The van der Waals surface area contributed by atoms with Crippen LogP contribution in [0.1, 0.15) is 31.0 Å². The van der Waals surface area contributed by atoms with E-state index in [0.717, 1.165) is 16.9 Å². The van der Waals surface area contributed by atoms with Crippen LogP contribution in [0.15, 0.2) is 92.2 Å². The fourth-order valence-electron chi connectivity index (χ4n) is 2.32. The Bertz CT molecular complexity index is 1180. The number of benzene rings is 3. The monoisotopic (exact) mass is 423 g/mol. The highest BCUT2D eigenvalue weighted by Crippen LogP contribution is 2.27. The predicted molar refractivity (Wildman–Crippen MR) is 129 cm³/mol. The summed E-state index contributed by atoms with van der Waals surface area (Å²) in [6.07, 6.45) is 1.75. The first-order valence-corrected chi connectivity index (χ1v) is 9.41. The van der Waals surface area contributed by atoms with E-state index < -0.39 is 0 Å². The summed E-state index contributed by atoms with van der Waals surface area (Å²) in [5, 5.41) is 34.8. The van der Waals surface area contributed by atoms with Gasteiger partial charge in [-0.15, -0.1) is 0 Å². The van der Waals surface area contributed by atoms with E-state index >= 15 is 0 Å². The van der Waals surface area contributed by atoms with Crippen molar-refractivity contribution >= 4 is 29.0 Å². The van der Waals surface area contributed by atoms with Gasteiger partial charge in [-0.05, 0) is 74.2 Å². The minimum absolute atomic E-state index is 0. The quantitative estimate of drug-likeness (QED) is 0.314. The Morgan fingerprint density at radius 2 is 1.28 bits per heavy atom. The summed E-state index contributed by atoms with van der Waals surface area (Å²) in [4.78, 5) is 3.61. The van der Waals surface area contributed by atoms with E-state index in [0.29, 0.717) is 16.9 Å². The Labute approximate surface area is 189 Å². The first kappa shape index (κ1) is 25.5. The van der Waals surface area contributed by atoms with Crippen molar-refractivity contribution in [1.29, 1.82) is 10.5 Å². The van der Waals surface area contributed by atoms with E-state index in [1.54, 1.807) is 31.5 Å². The lowest BCUT2D eigenvalue weighted by Gasteiger charge is -2.00. The fraction of sp³-hybridized carbons (Fsp3) is 0.160.